The van der Waals surface area contributed by atoms with E-state index in [1.54, 1.807) is 0 Å². The molecule has 4 rings (SSSR count). The number of nitrogens with zero attached hydrogens (tertiary/aromatic N) is 2. The van der Waals surface area contributed by atoms with Crippen molar-refractivity contribution in [2.45, 2.75) is 18.9 Å². The molecular formula is C16H17N3. The maximum absolute atomic E-state index is 4.86. The number of amidine groups is 1. The highest BCUT2D eigenvalue weighted by Gasteiger charge is 2.28. The molecule has 0 aliphatic carbocycles. The van der Waals surface area contributed by atoms with Crippen molar-refractivity contribution in [3.63, 3.8) is 0 Å². The van der Waals surface area contributed by atoms with Gasteiger partial charge < -0.3 is 5.32 Å². The first-order chi connectivity index (χ1) is 9.33. The molecule has 0 unspecified atom stereocenters. The molecule has 0 radical (unpaired) electrons. The summed E-state index contributed by atoms with van der Waals surface area (Å²) in [4.78, 5) is 7.25. The van der Waals surface area contributed by atoms with Gasteiger partial charge in [0.2, 0.25) is 0 Å². The molecule has 0 aromatic heterocycles. The van der Waals surface area contributed by atoms with Crippen LogP contribution in [-0.4, -0.2) is 30.4 Å². The quantitative estimate of drug-likeness (QED) is 0.841. The lowest BCUT2D eigenvalue weighted by atomic mass is 10.0. The molecule has 1 N–H and O–H groups in total. The summed E-state index contributed by atoms with van der Waals surface area (Å²) in [5, 5.41) is 6.04. The van der Waals surface area contributed by atoms with E-state index in [0.29, 0.717) is 6.04 Å². The fourth-order valence-corrected chi connectivity index (χ4v) is 3.23. The zero-order chi connectivity index (χ0) is 12.8. The van der Waals surface area contributed by atoms with Gasteiger partial charge in [0.05, 0.1) is 11.7 Å². The fraction of sp³-hybridized carbons (Fsp3) is 0.312. The summed E-state index contributed by atoms with van der Waals surface area (Å²) in [5.41, 5.74) is 2.29. The molecule has 3 nitrogen and oxygen atoms in total. The predicted molar refractivity (Wildman–Crippen MR) is 80.3 cm³/mol. The van der Waals surface area contributed by atoms with Crippen LogP contribution in [0.15, 0.2) is 41.4 Å². The molecule has 2 heterocycles. The number of nitrogens with one attached hydrogen (secondary N) is 1. The average Bonchev–Trinajstić information content (AvgIpc) is 2.85. The van der Waals surface area contributed by atoms with E-state index in [4.69, 9.17) is 4.99 Å². The summed E-state index contributed by atoms with van der Waals surface area (Å²) in [7, 11) is 2.18. The number of likely N-dealkylation sites (N-methyl/N-ethyl adjacent to an activating group) is 1. The molecule has 2 aliphatic heterocycles. The van der Waals surface area contributed by atoms with Crippen LogP contribution in [0, 0.1) is 0 Å². The van der Waals surface area contributed by atoms with Gasteiger partial charge in [-0.25, -0.2) is 4.99 Å². The number of anilines is 1. The van der Waals surface area contributed by atoms with Crippen molar-refractivity contribution in [2.24, 2.45) is 4.99 Å². The maximum Gasteiger partial charge on any atom is 0.124 e. The topological polar surface area (TPSA) is 27.6 Å². The molecular weight excluding hydrogens is 234 g/mol. The lowest BCUT2D eigenvalue weighted by Gasteiger charge is -2.26. The van der Waals surface area contributed by atoms with E-state index in [9.17, 15) is 0 Å². The summed E-state index contributed by atoms with van der Waals surface area (Å²) in [6.45, 7) is 1.16. The van der Waals surface area contributed by atoms with Crippen molar-refractivity contribution in [2.75, 3.05) is 18.9 Å². The minimum absolute atomic E-state index is 0.434. The van der Waals surface area contributed by atoms with Gasteiger partial charge in [0, 0.05) is 11.1 Å². The van der Waals surface area contributed by atoms with Crippen LogP contribution in [0.1, 0.15) is 12.8 Å². The van der Waals surface area contributed by atoms with Crippen molar-refractivity contribution < 1.29 is 0 Å². The molecule has 2 aromatic carbocycles. The number of aliphatic imine (C=N–C) groups is 1. The lowest BCUT2D eigenvalue weighted by molar-refractivity contribution is 0.372. The largest absolute Gasteiger partial charge is 0.342 e. The first-order valence-corrected chi connectivity index (χ1v) is 6.90. The summed E-state index contributed by atoms with van der Waals surface area (Å²) in [6, 6.07) is 13.2. The van der Waals surface area contributed by atoms with Gasteiger partial charge in [-0.2, -0.15) is 0 Å². The van der Waals surface area contributed by atoms with Gasteiger partial charge >= 0.3 is 0 Å². The van der Waals surface area contributed by atoms with E-state index in [1.807, 2.05) is 0 Å². The van der Waals surface area contributed by atoms with Gasteiger partial charge in [-0.05, 0) is 44.0 Å². The standard InChI is InChI=1S/C16H17N3/c1-19-10-4-9-14(19)16-17-12-7-2-5-11-6-3-8-13(18-16)15(11)12/h2-3,5-8,14H,4,9-10H2,1H3,(H,17,18)/t14-/m0/s1. The lowest BCUT2D eigenvalue weighted by Crippen LogP contribution is -2.37. The van der Waals surface area contributed by atoms with Crippen LogP contribution < -0.4 is 5.32 Å². The third-order valence-corrected chi connectivity index (χ3v) is 4.22. The predicted octanol–water partition coefficient (Wildman–Crippen LogP) is 3.39. The molecule has 1 saturated heterocycles. The Morgan fingerprint density at radius 3 is 2.84 bits per heavy atom. The van der Waals surface area contributed by atoms with Crippen LogP contribution in [0.25, 0.3) is 10.8 Å². The summed E-state index contributed by atoms with van der Waals surface area (Å²) in [5.74, 6) is 1.10. The van der Waals surface area contributed by atoms with Crippen molar-refractivity contribution in [1.82, 2.24) is 4.90 Å². The molecule has 0 amide bonds. The van der Waals surface area contributed by atoms with E-state index in [1.165, 1.54) is 29.3 Å². The second-order valence-corrected chi connectivity index (χ2v) is 5.44. The smallest absolute Gasteiger partial charge is 0.124 e. The minimum atomic E-state index is 0.434. The molecule has 3 heteroatoms. The van der Waals surface area contributed by atoms with Crippen LogP contribution in [-0.2, 0) is 0 Å². The highest BCUT2D eigenvalue weighted by Crippen LogP contribution is 2.36. The Kier molecular flexibility index (Phi) is 2.35. The Morgan fingerprint density at radius 2 is 2.05 bits per heavy atom. The zero-order valence-electron chi connectivity index (χ0n) is 11.1. The Morgan fingerprint density at radius 1 is 1.21 bits per heavy atom. The Bertz CT molecular complexity index is 669. The fourth-order valence-electron chi connectivity index (χ4n) is 3.23. The second kappa shape index (κ2) is 4.07. The molecule has 0 spiro atoms. The van der Waals surface area contributed by atoms with E-state index < -0.39 is 0 Å². The Balaban J connectivity index is 1.86. The van der Waals surface area contributed by atoms with Crippen molar-refractivity contribution in [3.05, 3.63) is 36.4 Å². The number of rotatable bonds is 1. The molecule has 19 heavy (non-hydrogen) atoms. The number of likely N-dealkylation sites (tertiary alicyclic amines) is 1. The third kappa shape index (κ3) is 1.65. The number of hydrogen-bond donors (Lipinski definition) is 1. The van der Waals surface area contributed by atoms with Crippen LogP contribution in [0.2, 0.25) is 0 Å². The summed E-state index contributed by atoms with van der Waals surface area (Å²) < 4.78 is 0. The second-order valence-electron chi connectivity index (χ2n) is 5.44. The van der Waals surface area contributed by atoms with Gasteiger partial charge in [0.1, 0.15) is 5.84 Å². The SMILES string of the molecule is CN1CCC[C@H]1C1=Nc2cccc3cccc(c23)N1. The molecule has 1 fully saturated rings. The van der Waals surface area contributed by atoms with Crippen LogP contribution in [0.4, 0.5) is 11.4 Å². The number of hydrogen-bond acceptors (Lipinski definition) is 3. The van der Waals surface area contributed by atoms with E-state index in [-0.39, 0.29) is 0 Å². The molecule has 96 valence electrons. The van der Waals surface area contributed by atoms with Gasteiger partial charge in [-0.3, -0.25) is 4.90 Å². The molecule has 0 saturated carbocycles. The Labute approximate surface area is 112 Å². The first kappa shape index (κ1) is 11.0. The van der Waals surface area contributed by atoms with E-state index in [0.717, 1.165) is 18.1 Å². The van der Waals surface area contributed by atoms with Gasteiger partial charge in [-0.1, -0.05) is 24.3 Å². The zero-order valence-corrected chi connectivity index (χ0v) is 11.1. The normalized spacial score (nSPS) is 22.4. The molecule has 2 aromatic rings. The average molecular weight is 251 g/mol. The monoisotopic (exact) mass is 251 g/mol. The van der Waals surface area contributed by atoms with Crippen molar-refractivity contribution in [3.8, 4) is 0 Å². The maximum atomic E-state index is 4.86. The van der Waals surface area contributed by atoms with Gasteiger partial charge in [-0.15, -0.1) is 0 Å². The van der Waals surface area contributed by atoms with Gasteiger partial charge in [0.15, 0.2) is 0 Å². The van der Waals surface area contributed by atoms with Crippen molar-refractivity contribution >= 4 is 28.0 Å². The molecule has 2 aliphatic rings. The van der Waals surface area contributed by atoms with Crippen LogP contribution >= 0.6 is 0 Å². The van der Waals surface area contributed by atoms with Crippen LogP contribution in [0.3, 0.4) is 0 Å². The molecule has 1 atom stereocenters. The third-order valence-electron chi connectivity index (χ3n) is 4.22. The highest BCUT2D eigenvalue weighted by molar-refractivity contribution is 6.15. The Hall–Kier alpha value is -1.87. The number of benzene rings is 2. The van der Waals surface area contributed by atoms with Gasteiger partial charge in [0.25, 0.3) is 0 Å². The van der Waals surface area contributed by atoms with Crippen LogP contribution in [0.5, 0.6) is 0 Å². The summed E-state index contributed by atoms with van der Waals surface area (Å²) in [6.07, 6.45) is 2.45. The van der Waals surface area contributed by atoms with E-state index >= 15 is 0 Å². The molecule has 0 bridgehead atoms. The minimum Gasteiger partial charge on any atom is -0.342 e. The van der Waals surface area contributed by atoms with E-state index in [2.05, 4.69) is 53.7 Å². The highest BCUT2D eigenvalue weighted by atomic mass is 15.2. The summed E-state index contributed by atoms with van der Waals surface area (Å²) >= 11 is 0. The first-order valence-electron chi connectivity index (χ1n) is 6.90. The van der Waals surface area contributed by atoms with Crippen molar-refractivity contribution in [1.29, 1.82) is 0 Å².